The molecular formula is C16H22BrClN2O2. The highest BCUT2D eigenvalue weighted by Gasteiger charge is 2.31. The third-order valence-electron chi connectivity index (χ3n) is 3.46. The first-order chi connectivity index (χ1) is 10.2. The molecule has 0 radical (unpaired) electrons. The van der Waals surface area contributed by atoms with E-state index < -0.39 is 5.60 Å². The summed E-state index contributed by atoms with van der Waals surface area (Å²) >= 11 is 9.44. The molecule has 2 rings (SSSR count). The zero-order chi connectivity index (χ0) is 16.3. The normalized spacial score (nSPS) is 21.1. The molecular weight excluding hydrogens is 368 g/mol. The van der Waals surface area contributed by atoms with Gasteiger partial charge in [-0.3, -0.25) is 0 Å². The van der Waals surface area contributed by atoms with Gasteiger partial charge in [-0.15, -0.1) is 0 Å². The highest BCUT2D eigenvalue weighted by Crippen LogP contribution is 2.24. The molecule has 22 heavy (non-hydrogen) atoms. The fourth-order valence-corrected chi connectivity index (χ4v) is 3.12. The van der Waals surface area contributed by atoms with Crippen LogP contribution < -0.4 is 10.6 Å². The van der Waals surface area contributed by atoms with Gasteiger partial charge in [-0.2, -0.15) is 0 Å². The highest BCUT2D eigenvalue weighted by molar-refractivity contribution is 9.10. The van der Waals surface area contributed by atoms with Gasteiger partial charge in [-0.05, 0) is 51.3 Å². The minimum absolute atomic E-state index is 0.195. The number of rotatable bonds is 4. The number of alkyl carbamates (subject to hydrolysis) is 1. The first-order valence-electron chi connectivity index (χ1n) is 7.40. The molecule has 1 aromatic carbocycles. The molecule has 1 fully saturated rings. The minimum atomic E-state index is -0.452. The molecule has 0 aromatic heterocycles. The van der Waals surface area contributed by atoms with Crippen molar-refractivity contribution in [1.29, 1.82) is 0 Å². The fraction of sp³-hybridized carbons (Fsp3) is 0.562. The van der Waals surface area contributed by atoms with Crippen molar-refractivity contribution in [3.63, 3.8) is 0 Å². The first kappa shape index (κ1) is 17.6. The van der Waals surface area contributed by atoms with Crippen LogP contribution in [0, 0.1) is 0 Å². The van der Waals surface area contributed by atoms with Crippen LogP contribution in [0.5, 0.6) is 0 Å². The number of halogens is 2. The third kappa shape index (κ3) is 5.45. The summed E-state index contributed by atoms with van der Waals surface area (Å²) in [6.07, 6.45) is 1.51. The number of carbonyl (C=O) groups excluding carboxylic acids is 1. The molecule has 1 saturated carbocycles. The second-order valence-corrected chi connectivity index (χ2v) is 7.92. The van der Waals surface area contributed by atoms with Crippen LogP contribution in [-0.4, -0.2) is 23.8 Å². The van der Waals surface area contributed by atoms with Gasteiger partial charge >= 0.3 is 6.09 Å². The molecule has 0 saturated heterocycles. The average molecular weight is 390 g/mol. The Kier molecular flexibility index (Phi) is 5.75. The van der Waals surface area contributed by atoms with Crippen LogP contribution in [0.2, 0.25) is 5.02 Å². The summed E-state index contributed by atoms with van der Waals surface area (Å²) in [5, 5.41) is 7.10. The minimum Gasteiger partial charge on any atom is -0.444 e. The van der Waals surface area contributed by atoms with E-state index >= 15 is 0 Å². The van der Waals surface area contributed by atoms with E-state index in [9.17, 15) is 4.79 Å². The lowest BCUT2D eigenvalue weighted by Crippen LogP contribution is -2.52. The molecule has 1 aliphatic carbocycles. The van der Waals surface area contributed by atoms with Crippen LogP contribution in [-0.2, 0) is 11.3 Å². The van der Waals surface area contributed by atoms with E-state index in [-0.39, 0.29) is 12.1 Å². The second-order valence-electron chi connectivity index (χ2n) is 6.63. The largest absolute Gasteiger partial charge is 0.444 e. The molecule has 0 aliphatic heterocycles. The Morgan fingerprint density at radius 2 is 2.05 bits per heavy atom. The highest BCUT2D eigenvalue weighted by atomic mass is 79.9. The topological polar surface area (TPSA) is 50.4 Å². The van der Waals surface area contributed by atoms with Crippen LogP contribution in [0.25, 0.3) is 0 Å². The van der Waals surface area contributed by atoms with Crippen molar-refractivity contribution in [1.82, 2.24) is 10.6 Å². The Morgan fingerprint density at radius 1 is 1.36 bits per heavy atom. The standard InChI is InChI=1S/C16H22BrClN2O2/c1-16(2,3)22-15(21)20-13-7-12(8-13)19-9-10-4-5-11(18)6-14(10)17/h4-6,12-13,19H,7-9H2,1-3H3,(H,20,21). The van der Waals surface area contributed by atoms with Crippen molar-refractivity contribution in [3.05, 3.63) is 33.3 Å². The average Bonchev–Trinajstić information content (AvgIpc) is 2.31. The van der Waals surface area contributed by atoms with E-state index in [0.717, 1.165) is 28.9 Å². The lowest BCUT2D eigenvalue weighted by molar-refractivity contribution is 0.0465. The summed E-state index contributed by atoms with van der Waals surface area (Å²) in [7, 11) is 0. The van der Waals surface area contributed by atoms with Crippen LogP contribution >= 0.6 is 27.5 Å². The monoisotopic (exact) mass is 388 g/mol. The van der Waals surface area contributed by atoms with Crippen molar-refractivity contribution < 1.29 is 9.53 Å². The Morgan fingerprint density at radius 3 is 2.64 bits per heavy atom. The van der Waals surface area contributed by atoms with E-state index in [1.165, 1.54) is 5.56 Å². The van der Waals surface area contributed by atoms with Gasteiger partial charge in [-0.1, -0.05) is 33.6 Å². The maximum Gasteiger partial charge on any atom is 0.407 e. The van der Waals surface area contributed by atoms with Gasteiger partial charge in [-0.25, -0.2) is 4.79 Å². The smallest absolute Gasteiger partial charge is 0.407 e. The molecule has 0 bridgehead atoms. The Balaban J connectivity index is 1.68. The predicted molar refractivity (Wildman–Crippen MR) is 92.2 cm³/mol. The maximum absolute atomic E-state index is 11.7. The van der Waals surface area contributed by atoms with Gasteiger partial charge in [0.25, 0.3) is 0 Å². The van der Waals surface area contributed by atoms with Crippen molar-refractivity contribution in [2.24, 2.45) is 0 Å². The van der Waals surface area contributed by atoms with Gasteiger partial charge in [0.2, 0.25) is 0 Å². The quantitative estimate of drug-likeness (QED) is 0.809. The number of amides is 1. The third-order valence-corrected chi connectivity index (χ3v) is 4.43. The number of nitrogens with one attached hydrogen (secondary N) is 2. The Hall–Kier alpha value is -0.780. The van der Waals surface area contributed by atoms with Gasteiger partial charge in [0.05, 0.1) is 0 Å². The van der Waals surface area contributed by atoms with E-state index in [1.807, 2.05) is 39.0 Å². The number of hydrogen-bond acceptors (Lipinski definition) is 3. The lowest BCUT2D eigenvalue weighted by atomic mass is 9.87. The molecule has 1 aromatic rings. The first-order valence-corrected chi connectivity index (χ1v) is 8.57. The fourth-order valence-electron chi connectivity index (χ4n) is 2.30. The van der Waals surface area contributed by atoms with Crippen LogP contribution in [0.1, 0.15) is 39.2 Å². The zero-order valence-electron chi connectivity index (χ0n) is 13.1. The lowest BCUT2D eigenvalue weighted by Gasteiger charge is -2.36. The van der Waals surface area contributed by atoms with Crippen LogP contribution in [0.3, 0.4) is 0 Å². The Bertz CT molecular complexity index is 539. The number of hydrogen-bond donors (Lipinski definition) is 2. The molecule has 0 atom stereocenters. The van der Waals surface area contributed by atoms with Gasteiger partial charge in [0.1, 0.15) is 5.60 Å². The molecule has 0 unspecified atom stereocenters. The molecule has 2 N–H and O–H groups in total. The summed E-state index contributed by atoms with van der Waals surface area (Å²) < 4.78 is 6.26. The maximum atomic E-state index is 11.7. The van der Waals surface area contributed by atoms with Crippen molar-refractivity contribution in [2.45, 2.75) is 57.8 Å². The summed E-state index contributed by atoms with van der Waals surface area (Å²) in [5.41, 5.74) is 0.722. The van der Waals surface area contributed by atoms with Gasteiger partial charge in [0.15, 0.2) is 0 Å². The predicted octanol–water partition coefficient (Wildman–Crippen LogP) is 4.25. The summed E-state index contributed by atoms with van der Waals surface area (Å²) in [6, 6.07) is 6.40. The van der Waals surface area contributed by atoms with E-state index in [0.29, 0.717) is 6.04 Å². The summed E-state index contributed by atoms with van der Waals surface area (Å²) in [4.78, 5) is 11.7. The van der Waals surface area contributed by atoms with E-state index in [2.05, 4.69) is 26.6 Å². The molecule has 122 valence electrons. The van der Waals surface area contributed by atoms with Gasteiger partial charge in [0, 0.05) is 28.1 Å². The summed E-state index contributed by atoms with van der Waals surface area (Å²) in [6.45, 7) is 6.37. The SMILES string of the molecule is CC(C)(C)OC(=O)NC1CC(NCc2ccc(Cl)cc2Br)C1. The Labute approximate surface area is 145 Å². The zero-order valence-corrected chi connectivity index (χ0v) is 15.4. The number of benzene rings is 1. The molecule has 1 amide bonds. The van der Waals surface area contributed by atoms with Crippen LogP contribution in [0.15, 0.2) is 22.7 Å². The molecule has 4 nitrogen and oxygen atoms in total. The van der Waals surface area contributed by atoms with Crippen molar-refractivity contribution in [3.8, 4) is 0 Å². The summed E-state index contributed by atoms with van der Waals surface area (Å²) in [5.74, 6) is 0. The van der Waals surface area contributed by atoms with Crippen molar-refractivity contribution in [2.75, 3.05) is 0 Å². The van der Waals surface area contributed by atoms with Crippen molar-refractivity contribution >= 4 is 33.6 Å². The van der Waals surface area contributed by atoms with Gasteiger partial charge < -0.3 is 15.4 Å². The van der Waals surface area contributed by atoms with E-state index in [4.69, 9.17) is 16.3 Å². The molecule has 1 aliphatic rings. The molecule has 6 heteroatoms. The molecule has 0 spiro atoms. The second kappa shape index (κ2) is 7.20. The van der Waals surface area contributed by atoms with E-state index in [1.54, 1.807) is 0 Å². The van der Waals surface area contributed by atoms with Crippen LogP contribution in [0.4, 0.5) is 4.79 Å². The number of ether oxygens (including phenoxy) is 1. The number of carbonyl (C=O) groups is 1. The molecule has 0 heterocycles.